The molecule has 0 fully saturated rings. The maximum absolute atomic E-state index is 12.8. The molecule has 20 heavy (non-hydrogen) atoms. The Morgan fingerprint density at radius 3 is 2.60 bits per heavy atom. The van der Waals surface area contributed by atoms with Gasteiger partial charge in [0, 0.05) is 11.1 Å². The summed E-state index contributed by atoms with van der Waals surface area (Å²) in [6.07, 6.45) is -4.46. The zero-order valence-corrected chi connectivity index (χ0v) is 12.3. The molecule has 0 aliphatic rings. The maximum Gasteiger partial charge on any atom is 0.417 e. The third kappa shape index (κ3) is 3.43. The minimum atomic E-state index is -4.46. The molecule has 0 spiro atoms. The summed E-state index contributed by atoms with van der Waals surface area (Å²) in [7, 11) is 0. The first-order valence-electron chi connectivity index (χ1n) is 5.82. The second-order valence-electron chi connectivity index (χ2n) is 4.35. The van der Waals surface area contributed by atoms with Gasteiger partial charge >= 0.3 is 6.18 Å². The Bertz CT molecular complexity index is 610. The molecule has 0 bridgehead atoms. The molecule has 0 aliphatic carbocycles. The first kappa shape index (κ1) is 15.1. The van der Waals surface area contributed by atoms with Crippen molar-refractivity contribution in [3.05, 3.63) is 44.9 Å². The second-order valence-corrected chi connectivity index (χ2v) is 5.82. The first-order valence-corrected chi connectivity index (χ1v) is 7.08. The number of halogens is 4. The van der Waals surface area contributed by atoms with Crippen LogP contribution in [0.25, 0.3) is 0 Å². The normalized spacial score (nSPS) is 13.3. The number of thiazole rings is 1. The van der Waals surface area contributed by atoms with Crippen LogP contribution in [-0.4, -0.2) is 4.98 Å². The van der Waals surface area contributed by atoms with Gasteiger partial charge in [-0.3, -0.25) is 0 Å². The third-order valence-electron chi connectivity index (χ3n) is 2.74. The predicted octanol–water partition coefficient (Wildman–Crippen LogP) is 5.30. The smallest absolute Gasteiger partial charge is 0.377 e. The zero-order valence-electron chi connectivity index (χ0n) is 10.8. The number of aromatic nitrogens is 1. The third-order valence-corrected chi connectivity index (χ3v) is 3.86. The second kappa shape index (κ2) is 5.61. The van der Waals surface area contributed by atoms with Crippen molar-refractivity contribution in [3.63, 3.8) is 0 Å². The van der Waals surface area contributed by atoms with Gasteiger partial charge in [-0.15, -0.1) is 11.3 Å². The topological polar surface area (TPSA) is 24.9 Å². The molecule has 1 N–H and O–H groups in total. The highest BCUT2D eigenvalue weighted by atomic mass is 35.5. The lowest BCUT2D eigenvalue weighted by Crippen LogP contribution is -2.10. The van der Waals surface area contributed by atoms with E-state index in [9.17, 15) is 13.2 Å². The molecule has 0 amide bonds. The average Bonchev–Trinajstić information content (AvgIpc) is 2.77. The van der Waals surface area contributed by atoms with Crippen molar-refractivity contribution >= 4 is 28.6 Å². The molecule has 2 aromatic rings. The Morgan fingerprint density at radius 2 is 2.05 bits per heavy atom. The van der Waals surface area contributed by atoms with Crippen LogP contribution >= 0.6 is 22.9 Å². The number of nitrogens with one attached hydrogen (secondary N) is 1. The Labute approximate surface area is 123 Å². The van der Waals surface area contributed by atoms with Crippen LogP contribution in [0, 0.1) is 6.92 Å². The van der Waals surface area contributed by atoms with Crippen molar-refractivity contribution in [3.8, 4) is 0 Å². The van der Waals surface area contributed by atoms with Crippen molar-refractivity contribution < 1.29 is 13.2 Å². The Balaban J connectivity index is 2.22. The highest BCUT2D eigenvalue weighted by Crippen LogP contribution is 2.36. The molecular weight excluding hydrogens is 309 g/mol. The van der Waals surface area contributed by atoms with Crippen LogP contribution in [0.2, 0.25) is 5.02 Å². The van der Waals surface area contributed by atoms with Crippen LogP contribution in [0.4, 0.5) is 18.9 Å². The summed E-state index contributed by atoms with van der Waals surface area (Å²) in [5.41, 5.74) is 0.321. The van der Waals surface area contributed by atoms with Crippen LogP contribution in [0.3, 0.4) is 0 Å². The van der Waals surface area contributed by atoms with Gasteiger partial charge in [-0.2, -0.15) is 13.2 Å². The number of rotatable bonds is 3. The largest absolute Gasteiger partial charge is 0.417 e. The summed E-state index contributed by atoms with van der Waals surface area (Å²) in [6, 6.07) is 3.60. The molecule has 2 rings (SSSR count). The Kier molecular flexibility index (Phi) is 4.25. The number of aryl methyl sites for hydroxylation is 1. The standard InChI is InChI=1S/C13H12ClF3N2S/c1-7(12-6-20-8(2)19-12)18-9-3-4-11(14)10(5-9)13(15,16)17/h3-7,18H,1-2H3. The van der Waals surface area contributed by atoms with Crippen LogP contribution in [0.15, 0.2) is 23.6 Å². The predicted molar refractivity (Wildman–Crippen MR) is 75.3 cm³/mol. The van der Waals surface area contributed by atoms with Gasteiger partial charge in [-0.25, -0.2) is 4.98 Å². The Morgan fingerprint density at radius 1 is 1.35 bits per heavy atom. The van der Waals surface area contributed by atoms with Crippen molar-refractivity contribution in [2.24, 2.45) is 0 Å². The monoisotopic (exact) mass is 320 g/mol. The highest BCUT2D eigenvalue weighted by molar-refractivity contribution is 7.09. The number of nitrogens with zero attached hydrogens (tertiary/aromatic N) is 1. The zero-order chi connectivity index (χ0) is 14.9. The van der Waals surface area contributed by atoms with E-state index in [4.69, 9.17) is 11.6 Å². The molecule has 0 radical (unpaired) electrons. The molecular formula is C13H12ClF3N2S. The molecule has 0 aliphatic heterocycles. The summed E-state index contributed by atoms with van der Waals surface area (Å²) in [5, 5.41) is 5.49. The van der Waals surface area contributed by atoms with E-state index in [-0.39, 0.29) is 11.1 Å². The van der Waals surface area contributed by atoms with Gasteiger partial charge in [0.15, 0.2) is 0 Å². The number of benzene rings is 1. The molecule has 1 aromatic carbocycles. The molecule has 1 heterocycles. The van der Waals surface area contributed by atoms with Crippen molar-refractivity contribution in [2.45, 2.75) is 26.1 Å². The molecule has 7 heteroatoms. The van der Waals surface area contributed by atoms with Gasteiger partial charge in [-0.1, -0.05) is 11.6 Å². The van der Waals surface area contributed by atoms with E-state index >= 15 is 0 Å². The fourth-order valence-corrected chi connectivity index (χ4v) is 2.67. The van der Waals surface area contributed by atoms with Crippen LogP contribution in [0.5, 0.6) is 0 Å². The number of hydrogen-bond donors (Lipinski definition) is 1. The summed E-state index contributed by atoms with van der Waals surface area (Å²) < 4.78 is 38.3. The summed E-state index contributed by atoms with van der Waals surface area (Å²) in [5.74, 6) is 0. The van der Waals surface area contributed by atoms with E-state index in [0.717, 1.165) is 16.8 Å². The fraction of sp³-hybridized carbons (Fsp3) is 0.308. The van der Waals surface area contributed by atoms with Crippen molar-refractivity contribution in [2.75, 3.05) is 5.32 Å². The number of anilines is 1. The van der Waals surface area contributed by atoms with Gasteiger partial charge in [0.2, 0.25) is 0 Å². The first-order chi connectivity index (χ1) is 9.27. The van der Waals surface area contributed by atoms with Crippen molar-refractivity contribution in [1.29, 1.82) is 0 Å². The summed E-state index contributed by atoms with van der Waals surface area (Å²) in [4.78, 5) is 4.30. The van der Waals surface area contributed by atoms with Crippen LogP contribution in [0.1, 0.15) is 29.2 Å². The molecule has 1 aromatic heterocycles. The van der Waals surface area contributed by atoms with Gasteiger partial charge in [0.05, 0.1) is 27.3 Å². The lowest BCUT2D eigenvalue weighted by atomic mass is 10.1. The van der Waals surface area contributed by atoms with Crippen LogP contribution in [-0.2, 0) is 6.18 Å². The van der Waals surface area contributed by atoms with E-state index in [0.29, 0.717) is 5.69 Å². The average molecular weight is 321 g/mol. The van der Waals surface area contributed by atoms with Crippen LogP contribution < -0.4 is 5.32 Å². The molecule has 0 saturated carbocycles. The van der Waals surface area contributed by atoms with Crippen molar-refractivity contribution in [1.82, 2.24) is 4.98 Å². The van der Waals surface area contributed by atoms with E-state index in [2.05, 4.69) is 10.3 Å². The Hall–Kier alpha value is -1.27. The number of hydrogen-bond acceptors (Lipinski definition) is 3. The lowest BCUT2D eigenvalue weighted by Gasteiger charge is -2.16. The molecule has 0 saturated heterocycles. The maximum atomic E-state index is 12.8. The minimum Gasteiger partial charge on any atom is -0.377 e. The van der Waals surface area contributed by atoms with Gasteiger partial charge < -0.3 is 5.32 Å². The van der Waals surface area contributed by atoms with E-state index in [1.165, 1.54) is 23.5 Å². The lowest BCUT2D eigenvalue weighted by molar-refractivity contribution is -0.137. The molecule has 1 atom stereocenters. The SMILES string of the molecule is Cc1nc(C(C)Nc2ccc(Cl)c(C(F)(F)F)c2)cs1. The van der Waals surface area contributed by atoms with E-state index in [1.807, 2.05) is 19.2 Å². The minimum absolute atomic E-state index is 0.179. The van der Waals surface area contributed by atoms with E-state index in [1.54, 1.807) is 0 Å². The fourth-order valence-electron chi connectivity index (χ4n) is 1.74. The quantitative estimate of drug-likeness (QED) is 0.830. The highest BCUT2D eigenvalue weighted by Gasteiger charge is 2.33. The summed E-state index contributed by atoms with van der Waals surface area (Å²) in [6.45, 7) is 3.72. The van der Waals surface area contributed by atoms with Gasteiger partial charge in [-0.05, 0) is 32.0 Å². The molecule has 1 unspecified atom stereocenters. The van der Waals surface area contributed by atoms with Gasteiger partial charge in [0.25, 0.3) is 0 Å². The van der Waals surface area contributed by atoms with E-state index < -0.39 is 11.7 Å². The molecule has 2 nitrogen and oxygen atoms in total. The summed E-state index contributed by atoms with van der Waals surface area (Å²) >= 11 is 7.08. The molecule has 108 valence electrons. The number of alkyl halides is 3. The van der Waals surface area contributed by atoms with Gasteiger partial charge in [0.1, 0.15) is 0 Å².